The van der Waals surface area contributed by atoms with Gasteiger partial charge in [-0.05, 0) is 31.2 Å². The molecule has 6 nitrogen and oxygen atoms in total. The summed E-state index contributed by atoms with van der Waals surface area (Å²) in [6.45, 7) is 2.00. The molecule has 0 bridgehead atoms. The molecule has 1 aromatic carbocycles. The molecule has 116 valence electrons. The molecule has 3 rings (SSSR count). The zero-order valence-electron chi connectivity index (χ0n) is 12.4. The number of nitrogens with one attached hydrogen (secondary N) is 1. The molecule has 1 N–H and O–H groups in total. The van der Waals surface area contributed by atoms with Gasteiger partial charge in [0.15, 0.2) is 0 Å². The molecule has 0 aliphatic heterocycles. The fourth-order valence-corrected chi connectivity index (χ4v) is 2.40. The Morgan fingerprint density at radius 2 is 2.04 bits per heavy atom. The molecule has 0 fully saturated rings. The van der Waals surface area contributed by atoms with Gasteiger partial charge < -0.3 is 9.73 Å². The molecule has 0 aliphatic rings. The minimum atomic E-state index is -0.125. The first-order valence-electron chi connectivity index (χ1n) is 6.94. The van der Waals surface area contributed by atoms with Crippen molar-refractivity contribution in [3.05, 3.63) is 54.4 Å². The van der Waals surface area contributed by atoms with Gasteiger partial charge in [0.25, 0.3) is 5.22 Å². The lowest BCUT2D eigenvalue weighted by atomic mass is 10.2. The van der Waals surface area contributed by atoms with E-state index in [-0.39, 0.29) is 11.7 Å². The van der Waals surface area contributed by atoms with E-state index in [9.17, 15) is 4.79 Å². The van der Waals surface area contributed by atoms with E-state index in [1.54, 1.807) is 18.5 Å². The normalized spacial score (nSPS) is 10.5. The van der Waals surface area contributed by atoms with E-state index < -0.39 is 0 Å². The van der Waals surface area contributed by atoms with Gasteiger partial charge in [0.1, 0.15) is 0 Å². The SMILES string of the molecule is Cc1ccc(NC(=O)CSc2nnc(-c3cccnc3)o2)cc1. The van der Waals surface area contributed by atoms with Gasteiger partial charge in [-0.1, -0.05) is 29.5 Å². The van der Waals surface area contributed by atoms with Crippen molar-refractivity contribution in [1.82, 2.24) is 15.2 Å². The third-order valence-corrected chi connectivity index (χ3v) is 3.80. The fraction of sp³-hybridized carbons (Fsp3) is 0.125. The van der Waals surface area contributed by atoms with E-state index in [1.165, 1.54) is 11.8 Å². The van der Waals surface area contributed by atoms with Crippen molar-refractivity contribution in [3.8, 4) is 11.5 Å². The predicted molar refractivity (Wildman–Crippen MR) is 88.1 cm³/mol. The van der Waals surface area contributed by atoms with Gasteiger partial charge >= 0.3 is 0 Å². The Kier molecular flexibility index (Phi) is 4.68. The molecule has 0 unspecified atom stereocenters. The molecule has 0 aliphatic carbocycles. The van der Waals surface area contributed by atoms with E-state index >= 15 is 0 Å². The Bertz CT molecular complexity index is 787. The third-order valence-electron chi connectivity index (χ3n) is 2.98. The number of aryl methyl sites for hydroxylation is 1. The number of amides is 1. The Labute approximate surface area is 137 Å². The van der Waals surface area contributed by atoms with E-state index in [2.05, 4.69) is 20.5 Å². The van der Waals surface area contributed by atoms with Gasteiger partial charge in [-0.15, -0.1) is 10.2 Å². The van der Waals surface area contributed by atoms with Gasteiger partial charge in [0.2, 0.25) is 11.8 Å². The first-order chi connectivity index (χ1) is 11.2. The molecule has 2 aromatic heterocycles. The number of anilines is 1. The Morgan fingerprint density at radius 1 is 1.22 bits per heavy atom. The first-order valence-corrected chi connectivity index (χ1v) is 7.92. The average molecular weight is 326 g/mol. The zero-order valence-corrected chi connectivity index (χ0v) is 13.2. The van der Waals surface area contributed by atoms with Gasteiger partial charge in [-0.25, -0.2) is 0 Å². The summed E-state index contributed by atoms with van der Waals surface area (Å²) in [7, 11) is 0. The van der Waals surface area contributed by atoms with E-state index in [4.69, 9.17) is 4.42 Å². The maximum Gasteiger partial charge on any atom is 0.277 e. The summed E-state index contributed by atoms with van der Waals surface area (Å²) in [5.74, 6) is 0.460. The van der Waals surface area contributed by atoms with Crippen molar-refractivity contribution < 1.29 is 9.21 Å². The zero-order chi connectivity index (χ0) is 16.1. The van der Waals surface area contributed by atoms with Gasteiger partial charge in [0.05, 0.1) is 11.3 Å². The number of carbonyl (C=O) groups is 1. The highest BCUT2D eigenvalue weighted by Gasteiger charge is 2.11. The Balaban J connectivity index is 1.55. The second kappa shape index (κ2) is 7.06. The largest absolute Gasteiger partial charge is 0.411 e. The maximum absolute atomic E-state index is 11.9. The Hall–Kier alpha value is -2.67. The molecule has 7 heteroatoms. The minimum Gasteiger partial charge on any atom is -0.411 e. The number of hydrogen-bond donors (Lipinski definition) is 1. The lowest BCUT2D eigenvalue weighted by Crippen LogP contribution is -2.13. The van der Waals surface area contributed by atoms with Crippen LogP contribution >= 0.6 is 11.8 Å². The van der Waals surface area contributed by atoms with Gasteiger partial charge in [-0.3, -0.25) is 9.78 Å². The van der Waals surface area contributed by atoms with E-state index in [0.717, 1.165) is 16.8 Å². The number of benzene rings is 1. The summed E-state index contributed by atoms with van der Waals surface area (Å²) in [4.78, 5) is 15.9. The summed E-state index contributed by atoms with van der Waals surface area (Å²) in [6.07, 6.45) is 3.32. The van der Waals surface area contributed by atoms with Crippen LogP contribution in [-0.2, 0) is 4.79 Å². The van der Waals surface area contributed by atoms with Crippen LogP contribution in [0.1, 0.15) is 5.56 Å². The van der Waals surface area contributed by atoms with Crippen LogP contribution in [0, 0.1) is 6.92 Å². The van der Waals surface area contributed by atoms with Gasteiger partial charge in [0, 0.05) is 18.1 Å². The predicted octanol–water partition coefficient (Wildman–Crippen LogP) is 3.17. The highest BCUT2D eigenvalue weighted by Crippen LogP contribution is 2.22. The van der Waals surface area contributed by atoms with Crippen LogP contribution in [0.4, 0.5) is 5.69 Å². The molecule has 2 heterocycles. The number of hydrogen-bond acceptors (Lipinski definition) is 6. The van der Waals surface area contributed by atoms with Crippen molar-refractivity contribution in [3.63, 3.8) is 0 Å². The van der Waals surface area contributed by atoms with Crippen LogP contribution in [0.15, 0.2) is 58.4 Å². The van der Waals surface area contributed by atoms with Crippen molar-refractivity contribution in [2.24, 2.45) is 0 Å². The third kappa shape index (κ3) is 4.17. The molecular formula is C16H14N4O2S. The van der Waals surface area contributed by atoms with Gasteiger partial charge in [-0.2, -0.15) is 0 Å². The van der Waals surface area contributed by atoms with Crippen LogP contribution in [-0.4, -0.2) is 26.8 Å². The quantitative estimate of drug-likeness (QED) is 0.725. The number of thioether (sulfide) groups is 1. The van der Waals surface area contributed by atoms with Crippen molar-refractivity contribution in [2.75, 3.05) is 11.1 Å². The average Bonchev–Trinajstić information content (AvgIpc) is 3.05. The molecular weight excluding hydrogens is 312 g/mol. The lowest BCUT2D eigenvalue weighted by Gasteiger charge is -2.03. The second-order valence-electron chi connectivity index (χ2n) is 4.82. The summed E-state index contributed by atoms with van der Waals surface area (Å²) in [5.41, 5.74) is 2.66. The summed E-state index contributed by atoms with van der Waals surface area (Å²) >= 11 is 1.19. The number of nitrogens with zero attached hydrogens (tertiary/aromatic N) is 3. The standard InChI is InChI=1S/C16H14N4O2S/c1-11-4-6-13(7-5-11)18-14(21)10-23-16-20-19-15(22-16)12-3-2-8-17-9-12/h2-9H,10H2,1H3,(H,18,21). The van der Waals surface area contributed by atoms with E-state index in [1.807, 2.05) is 37.3 Å². The second-order valence-corrected chi connectivity index (χ2v) is 5.74. The van der Waals surface area contributed by atoms with E-state index in [0.29, 0.717) is 11.1 Å². The van der Waals surface area contributed by atoms with Crippen LogP contribution < -0.4 is 5.32 Å². The topological polar surface area (TPSA) is 80.9 Å². The molecule has 0 spiro atoms. The number of carbonyl (C=O) groups excluding carboxylic acids is 1. The maximum atomic E-state index is 11.9. The smallest absolute Gasteiger partial charge is 0.277 e. The monoisotopic (exact) mass is 326 g/mol. The van der Waals surface area contributed by atoms with Crippen LogP contribution in [0.2, 0.25) is 0 Å². The molecule has 0 radical (unpaired) electrons. The highest BCUT2D eigenvalue weighted by atomic mass is 32.2. The highest BCUT2D eigenvalue weighted by molar-refractivity contribution is 7.99. The first kappa shape index (κ1) is 15.2. The fourth-order valence-electron chi connectivity index (χ4n) is 1.84. The van der Waals surface area contributed by atoms with Crippen LogP contribution in [0.25, 0.3) is 11.5 Å². The summed E-state index contributed by atoms with van der Waals surface area (Å²) in [5, 5.41) is 11.0. The van der Waals surface area contributed by atoms with Crippen LogP contribution in [0.5, 0.6) is 0 Å². The summed E-state index contributed by atoms with van der Waals surface area (Å²) in [6, 6.07) is 11.2. The molecule has 1 amide bonds. The Morgan fingerprint density at radius 3 is 2.78 bits per heavy atom. The van der Waals surface area contributed by atoms with Crippen molar-refractivity contribution >= 4 is 23.4 Å². The molecule has 3 aromatic rings. The molecule has 0 saturated heterocycles. The lowest BCUT2D eigenvalue weighted by molar-refractivity contribution is -0.113. The van der Waals surface area contributed by atoms with Crippen LogP contribution in [0.3, 0.4) is 0 Å². The number of pyridine rings is 1. The van der Waals surface area contributed by atoms with Crippen molar-refractivity contribution in [1.29, 1.82) is 0 Å². The number of rotatable bonds is 5. The summed E-state index contributed by atoms with van der Waals surface area (Å²) < 4.78 is 5.51. The molecule has 0 saturated carbocycles. The molecule has 0 atom stereocenters. The minimum absolute atomic E-state index is 0.125. The number of aromatic nitrogens is 3. The molecule has 23 heavy (non-hydrogen) atoms. The van der Waals surface area contributed by atoms with Crippen molar-refractivity contribution in [2.45, 2.75) is 12.1 Å².